The first-order chi connectivity index (χ1) is 19.3. The Morgan fingerprint density at radius 2 is 0.923 bits per heavy atom. The molecule has 0 saturated heterocycles. The Morgan fingerprint density at radius 1 is 0.462 bits per heavy atom. The van der Waals surface area contributed by atoms with Crippen molar-refractivity contribution in [1.29, 1.82) is 0 Å². The predicted molar refractivity (Wildman–Crippen MR) is 155 cm³/mol. The second kappa shape index (κ2) is 8.57. The summed E-state index contributed by atoms with van der Waals surface area (Å²) in [5.74, 6) is 2.43. The molecule has 5 aromatic carbocycles. The maximum atomic E-state index is 5.34. The van der Waals surface area contributed by atoms with Crippen LogP contribution in [0.15, 0.2) is 133 Å². The van der Waals surface area contributed by atoms with Crippen LogP contribution in [0.4, 0.5) is 0 Å². The van der Waals surface area contributed by atoms with Crippen LogP contribution >= 0.6 is 0 Å². The van der Waals surface area contributed by atoms with E-state index in [4.69, 9.17) is 15.0 Å². The Labute approximate surface area is 227 Å². The average Bonchev–Trinajstić information content (AvgIpc) is 3.24. The van der Waals surface area contributed by atoms with Gasteiger partial charge in [-0.15, -0.1) is 0 Å². The fourth-order valence-corrected chi connectivity index (χ4v) is 6.73. The molecule has 184 valence electrons. The van der Waals surface area contributed by atoms with Crippen molar-refractivity contribution >= 4 is 0 Å². The molecular formula is C36H25N3. The SMILES string of the molecule is c1ccc(-c2nc(-c3ccccc3)nc(C34c5ccccc5CC(c5ccccc53)c3ccccc34)n2)cc1. The van der Waals surface area contributed by atoms with Crippen LogP contribution in [0.3, 0.4) is 0 Å². The minimum absolute atomic E-state index is 0.290. The van der Waals surface area contributed by atoms with Crippen molar-refractivity contribution < 1.29 is 0 Å². The number of rotatable bonds is 3. The van der Waals surface area contributed by atoms with Crippen LogP contribution in [0, 0.1) is 0 Å². The van der Waals surface area contributed by atoms with Gasteiger partial charge in [0.15, 0.2) is 17.5 Å². The minimum atomic E-state index is -0.660. The number of hydrogen-bond acceptors (Lipinski definition) is 3. The summed E-state index contributed by atoms with van der Waals surface area (Å²) in [6.07, 6.45) is 0.952. The van der Waals surface area contributed by atoms with Crippen molar-refractivity contribution in [3.63, 3.8) is 0 Å². The highest BCUT2D eigenvalue weighted by molar-refractivity contribution is 5.71. The van der Waals surface area contributed by atoms with E-state index in [1.807, 2.05) is 36.4 Å². The molecule has 3 heteroatoms. The summed E-state index contributed by atoms with van der Waals surface area (Å²) >= 11 is 0. The van der Waals surface area contributed by atoms with Crippen molar-refractivity contribution in [2.45, 2.75) is 17.8 Å². The molecule has 39 heavy (non-hydrogen) atoms. The molecule has 0 atom stereocenters. The van der Waals surface area contributed by atoms with Gasteiger partial charge in [-0.2, -0.15) is 0 Å². The third-order valence-corrected chi connectivity index (χ3v) is 8.36. The molecule has 1 heterocycles. The summed E-state index contributed by atoms with van der Waals surface area (Å²) in [5.41, 5.74) is 9.15. The van der Waals surface area contributed by atoms with Crippen LogP contribution in [0.25, 0.3) is 22.8 Å². The molecule has 3 aliphatic rings. The van der Waals surface area contributed by atoms with Gasteiger partial charge in [0, 0.05) is 17.0 Å². The van der Waals surface area contributed by atoms with E-state index in [0.717, 1.165) is 23.4 Å². The van der Waals surface area contributed by atoms with Crippen molar-refractivity contribution in [1.82, 2.24) is 15.0 Å². The fraction of sp³-hybridized carbons (Fsp3) is 0.0833. The lowest BCUT2D eigenvalue weighted by Crippen LogP contribution is -2.38. The van der Waals surface area contributed by atoms with E-state index in [9.17, 15) is 0 Å². The Kier molecular flexibility index (Phi) is 4.86. The van der Waals surface area contributed by atoms with E-state index in [-0.39, 0.29) is 5.92 Å². The normalized spacial score (nSPS) is 18.5. The molecule has 1 aromatic heterocycles. The summed E-state index contributed by atoms with van der Waals surface area (Å²) in [6.45, 7) is 0. The van der Waals surface area contributed by atoms with Gasteiger partial charge in [0.2, 0.25) is 0 Å². The van der Waals surface area contributed by atoms with Crippen molar-refractivity contribution in [3.8, 4) is 22.8 Å². The van der Waals surface area contributed by atoms with Gasteiger partial charge in [-0.3, -0.25) is 0 Å². The summed E-state index contributed by atoms with van der Waals surface area (Å²) in [5, 5.41) is 0. The molecule has 0 amide bonds. The molecule has 0 unspecified atom stereocenters. The number of aromatic nitrogens is 3. The first kappa shape index (κ1) is 22.1. The second-order valence-electron chi connectivity index (χ2n) is 10.4. The molecule has 0 radical (unpaired) electrons. The molecule has 3 aliphatic carbocycles. The Morgan fingerprint density at radius 3 is 1.49 bits per heavy atom. The van der Waals surface area contributed by atoms with Crippen molar-refractivity contribution in [2.24, 2.45) is 0 Å². The van der Waals surface area contributed by atoms with Gasteiger partial charge in [-0.05, 0) is 39.8 Å². The third kappa shape index (κ3) is 3.20. The molecule has 9 rings (SSSR count). The van der Waals surface area contributed by atoms with Gasteiger partial charge in [0.1, 0.15) is 5.41 Å². The average molecular weight is 500 g/mol. The molecule has 2 bridgehead atoms. The lowest BCUT2D eigenvalue weighted by molar-refractivity contribution is 0.640. The largest absolute Gasteiger partial charge is 0.211 e. The summed E-state index contributed by atoms with van der Waals surface area (Å²) in [6, 6.07) is 47.2. The Hall–Kier alpha value is -4.89. The molecule has 0 N–H and O–H groups in total. The zero-order valence-electron chi connectivity index (χ0n) is 21.3. The number of hydrogen-bond donors (Lipinski definition) is 0. The number of benzene rings is 5. The molecule has 0 aliphatic heterocycles. The molecule has 0 spiro atoms. The van der Waals surface area contributed by atoms with Crippen LogP contribution in [-0.4, -0.2) is 15.0 Å². The van der Waals surface area contributed by atoms with Gasteiger partial charge in [0.05, 0.1) is 0 Å². The monoisotopic (exact) mass is 499 g/mol. The van der Waals surface area contributed by atoms with Crippen LogP contribution in [-0.2, 0) is 11.8 Å². The predicted octanol–water partition coefficient (Wildman–Crippen LogP) is 7.59. The first-order valence-corrected chi connectivity index (χ1v) is 13.5. The fourth-order valence-electron chi connectivity index (χ4n) is 6.73. The van der Waals surface area contributed by atoms with Gasteiger partial charge in [0.25, 0.3) is 0 Å². The topological polar surface area (TPSA) is 38.7 Å². The standard InChI is InChI=1S/C36H25N3/c1-3-13-24(14-4-1)33-37-34(25-15-5-2-6-16-25)39-35(38-33)36-30-20-10-7-17-26(30)23-29(27-18-8-11-21-31(27)36)28-19-9-12-22-32(28)36/h1-22,29H,23H2. The van der Waals surface area contributed by atoms with E-state index >= 15 is 0 Å². The van der Waals surface area contributed by atoms with Gasteiger partial charge in [-0.1, -0.05) is 133 Å². The highest BCUT2D eigenvalue weighted by Gasteiger charge is 2.52. The van der Waals surface area contributed by atoms with Crippen molar-refractivity contribution in [2.75, 3.05) is 0 Å². The molecular weight excluding hydrogens is 474 g/mol. The molecule has 3 nitrogen and oxygen atoms in total. The van der Waals surface area contributed by atoms with Crippen LogP contribution in [0.1, 0.15) is 45.1 Å². The quantitative estimate of drug-likeness (QED) is 0.252. The number of nitrogens with zero attached hydrogens (tertiary/aromatic N) is 3. The zero-order valence-corrected chi connectivity index (χ0v) is 21.3. The third-order valence-electron chi connectivity index (χ3n) is 8.36. The molecule has 0 fully saturated rings. The van der Waals surface area contributed by atoms with E-state index in [2.05, 4.69) is 97.1 Å². The molecule has 6 aromatic rings. The highest BCUT2D eigenvalue weighted by atomic mass is 15.0. The highest BCUT2D eigenvalue weighted by Crippen LogP contribution is 2.57. The lowest BCUT2D eigenvalue weighted by atomic mass is 9.62. The second-order valence-corrected chi connectivity index (χ2v) is 10.4. The smallest absolute Gasteiger partial charge is 0.163 e. The molecule has 0 saturated carbocycles. The maximum absolute atomic E-state index is 5.34. The van der Waals surface area contributed by atoms with E-state index in [1.54, 1.807) is 0 Å². The van der Waals surface area contributed by atoms with E-state index in [0.29, 0.717) is 11.6 Å². The van der Waals surface area contributed by atoms with Crippen LogP contribution in [0.2, 0.25) is 0 Å². The van der Waals surface area contributed by atoms with Crippen LogP contribution < -0.4 is 0 Å². The summed E-state index contributed by atoms with van der Waals surface area (Å²) in [4.78, 5) is 15.7. The van der Waals surface area contributed by atoms with Gasteiger partial charge in [-0.25, -0.2) is 15.0 Å². The van der Waals surface area contributed by atoms with E-state index < -0.39 is 5.41 Å². The van der Waals surface area contributed by atoms with Crippen molar-refractivity contribution in [3.05, 3.63) is 173 Å². The maximum Gasteiger partial charge on any atom is 0.163 e. The Balaban J connectivity index is 1.55. The summed E-state index contributed by atoms with van der Waals surface area (Å²) in [7, 11) is 0. The van der Waals surface area contributed by atoms with E-state index in [1.165, 1.54) is 33.4 Å². The van der Waals surface area contributed by atoms with Gasteiger partial charge >= 0.3 is 0 Å². The lowest BCUT2D eigenvalue weighted by Gasteiger charge is -2.41. The van der Waals surface area contributed by atoms with Gasteiger partial charge < -0.3 is 0 Å². The Bertz CT molecular complexity index is 1720. The minimum Gasteiger partial charge on any atom is -0.211 e. The zero-order chi connectivity index (χ0) is 25.8. The first-order valence-electron chi connectivity index (χ1n) is 13.5. The van der Waals surface area contributed by atoms with Crippen LogP contribution in [0.5, 0.6) is 0 Å². The summed E-state index contributed by atoms with van der Waals surface area (Å²) < 4.78 is 0.